The molecular formula is C15H21N5O. The molecule has 3 N–H and O–H groups in total. The van der Waals surface area contributed by atoms with Crippen molar-refractivity contribution in [3.63, 3.8) is 0 Å². The number of H-pyrrole nitrogens is 1. The van der Waals surface area contributed by atoms with Crippen LogP contribution in [0.3, 0.4) is 0 Å². The minimum atomic E-state index is -0.00918. The topological polar surface area (TPSA) is 74.7 Å². The van der Waals surface area contributed by atoms with Gasteiger partial charge >= 0.3 is 0 Å². The fourth-order valence-electron chi connectivity index (χ4n) is 2.81. The molecule has 0 spiro atoms. The van der Waals surface area contributed by atoms with Crippen LogP contribution in [0.5, 0.6) is 0 Å². The minimum absolute atomic E-state index is 0.00918. The fourth-order valence-corrected chi connectivity index (χ4v) is 2.81. The number of amides is 1. The highest BCUT2D eigenvalue weighted by Crippen LogP contribution is 2.21. The number of aromatic nitrogens is 3. The molecule has 3 rings (SSSR count). The van der Waals surface area contributed by atoms with E-state index in [0.29, 0.717) is 19.0 Å². The molecule has 0 aliphatic carbocycles. The lowest BCUT2D eigenvalue weighted by molar-refractivity contribution is 0.0941. The van der Waals surface area contributed by atoms with Gasteiger partial charge in [0.2, 0.25) is 0 Å². The van der Waals surface area contributed by atoms with Crippen LogP contribution in [0.4, 0.5) is 0 Å². The molecule has 1 aliphatic rings. The van der Waals surface area contributed by atoms with Gasteiger partial charge in [-0.2, -0.15) is 0 Å². The van der Waals surface area contributed by atoms with E-state index in [1.54, 1.807) is 12.4 Å². The Kier molecular flexibility index (Phi) is 4.35. The van der Waals surface area contributed by atoms with Crippen molar-refractivity contribution in [3.05, 3.63) is 42.2 Å². The van der Waals surface area contributed by atoms with E-state index in [0.717, 1.165) is 37.4 Å². The first-order valence-corrected chi connectivity index (χ1v) is 7.48. The number of nitrogens with zero attached hydrogens (tertiary/aromatic N) is 2. The van der Waals surface area contributed by atoms with Gasteiger partial charge in [0.25, 0.3) is 5.91 Å². The van der Waals surface area contributed by atoms with Crippen LogP contribution in [-0.4, -0.2) is 40.1 Å². The average molecular weight is 287 g/mol. The highest BCUT2D eigenvalue weighted by atomic mass is 16.1. The van der Waals surface area contributed by atoms with Gasteiger partial charge in [-0.1, -0.05) is 0 Å². The molecule has 21 heavy (non-hydrogen) atoms. The van der Waals surface area contributed by atoms with Gasteiger partial charge in [0, 0.05) is 37.6 Å². The summed E-state index contributed by atoms with van der Waals surface area (Å²) in [6.07, 6.45) is 8.38. The zero-order chi connectivity index (χ0) is 14.5. The maximum absolute atomic E-state index is 12.3. The van der Waals surface area contributed by atoms with Gasteiger partial charge in [-0.15, -0.1) is 0 Å². The van der Waals surface area contributed by atoms with Crippen molar-refractivity contribution >= 4 is 5.91 Å². The van der Waals surface area contributed by atoms with Gasteiger partial charge in [0.05, 0.1) is 0 Å². The maximum Gasteiger partial charge on any atom is 0.267 e. The van der Waals surface area contributed by atoms with E-state index < -0.39 is 0 Å². The molecule has 0 bridgehead atoms. The van der Waals surface area contributed by atoms with Gasteiger partial charge in [0.1, 0.15) is 11.5 Å². The summed E-state index contributed by atoms with van der Waals surface area (Å²) < 4.78 is 2.11. The van der Waals surface area contributed by atoms with Crippen LogP contribution in [0.25, 0.3) is 0 Å². The van der Waals surface area contributed by atoms with E-state index in [9.17, 15) is 4.79 Å². The van der Waals surface area contributed by atoms with E-state index in [1.807, 2.05) is 18.3 Å². The number of hydrogen-bond acceptors (Lipinski definition) is 3. The number of imidazole rings is 1. The summed E-state index contributed by atoms with van der Waals surface area (Å²) >= 11 is 0. The van der Waals surface area contributed by atoms with Gasteiger partial charge < -0.3 is 20.2 Å². The third kappa shape index (κ3) is 3.33. The Morgan fingerprint density at radius 3 is 3.05 bits per heavy atom. The predicted molar refractivity (Wildman–Crippen MR) is 80.2 cm³/mol. The number of rotatable bonds is 5. The van der Waals surface area contributed by atoms with Gasteiger partial charge in [0.15, 0.2) is 0 Å². The molecule has 3 heterocycles. The van der Waals surface area contributed by atoms with Crippen molar-refractivity contribution in [1.82, 2.24) is 25.2 Å². The van der Waals surface area contributed by atoms with E-state index in [2.05, 4.69) is 25.2 Å². The Hall–Kier alpha value is -2.08. The highest BCUT2D eigenvalue weighted by Gasteiger charge is 2.19. The summed E-state index contributed by atoms with van der Waals surface area (Å²) in [4.78, 5) is 19.5. The minimum Gasteiger partial charge on any atom is -0.350 e. The Balaban J connectivity index is 1.58. The smallest absolute Gasteiger partial charge is 0.267 e. The summed E-state index contributed by atoms with van der Waals surface area (Å²) in [5, 5.41) is 6.32. The number of aromatic amines is 1. The molecular weight excluding hydrogens is 266 g/mol. The molecule has 0 atom stereocenters. The molecule has 2 aromatic rings. The number of carbonyl (C=O) groups excluding carboxylic acids is 1. The van der Waals surface area contributed by atoms with Crippen molar-refractivity contribution in [1.29, 1.82) is 0 Å². The molecule has 0 unspecified atom stereocenters. The molecule has 0 saturated carbocycles. The van der Waals surface area contributed by atoms with E-state index in [1.165, 1.54) is 0 Å². The third-order valence-electron chi connectivity index (χ3n) is 3.92. The summed E-state index contributed by atoms with van der Waals surface area (Å²) in [5.74, 6) is 0.883. The van der Waals surface area contributed by atoms with Crippen LogP contribution in [-0.2, 0) is 6.42 Å². The molecule has 1 fully saturated rings. The molecule has 0 radical (unpaired) electrons. The molecule has 1 aliphatic heterocycles. The number of nitrogens with one attached hydrogen (secondary N) is 3. The Labute approximate surface area is 124 Å². The summed E-state index contributed by atoms with van der Waals surface area (Å²) in [6, 6.07) is 4.26. The van der Waals surface area contributed by atoms with Crippen LogP contribution >= 0.6 is 0 Å². The SMILES string of the molecule is O=C(NCCc1ncc[nH]1)c1cccn1C1CCNCC1. The normalized spacial score (nSPS) is 16.0. The maximum atomic E-state index is 12.3. The van der Waals surface area contributed by atoms with Gasteiger partial charge in [-0.3, -0.25) is 4.79 Å². The van der Waals surface area contributed by atoms with Crippen molar-refractivity contribution in [3.8, 4) is 0 Å². The van der Waals surface area contributed by atoms with Crippen molar-refractivity contribution in [2.75, 3.05) is 19.6 Å². The quantitative estimate of drug-likeness (QED) is 0.771. The molecule has 1 amide bonds. The van der Waals surface area contributed by atoms with Gasteiger partial charge in [-0.25, -0.2) is 4.98 Å². The van der Waals surface area contributed by atoms with Crippen LogP contribution in [0, 0.1) is 0 Å². The summed E-state index contributed by atoms with van der Waals surface area (Å²) in [6.45, 7) is 2.62. The number of piperidine rings is 1. The second kappa shape index (κ2) is 6.58. The second-order valence-electron chi connectivity index (χ2n) is 5.32. The molecule has 1 saturated heterocycles. The van der Waals surface area contributed by atoms with Crippen LogP contribution in [0.2, 0.25) is 0 Å². The Bertz CT molecular complexity index is 569. The third-order valence-corrected chi connectivity index (χ3v) is 3.92. The largest absolute Gasteiger partial charge is 0.350 e. The van der Waals surface area contributed by atoms with Crippen molar-refractivity contribution < 1.29 is 4.79 Å². The van der Waals surface area contributed by atoms with Crippen molar-refractivity contribution in [2.45, 2.75) is 25.3 Å². The first-order valence-electron chi connectivity index (χ1n) is 7.48. The lowest BCUT2D eigenvalue weighted by Gasteiger charge is -2.25. The number of carbonyl (C=O) groups is 1. The molecule has 6 nitrogen and oxygen atoms in total. The zero-order valence-electron chi connectivity index (χ0n) is 12.0. The van der Waals surface area contributed by atoms with E-state index in [4.69, 9.17) is 0 Å². The van der Waals surface area contributed by atoms with Crippen LogP contribution in [0.15, 0.2) is 30.7 Å². The first-order chi connectivity index (χ1) is 10.3. The fraction of sp³-hybridized carbons (Fsp3) is 0.467. The molecule has 112 valence electrons. The standard InChI is InChI=1S/C15H21N5O/c21-15(19-8-5-14-17-9-10-18-14)13-2-1-11-20(13)12-3-6-16-7-4-12/h1-2,9-12,16H,3-8H2,(H,17,18)(H,19,21). The Morgan fingerprint density at radius 1 is 1.43 bits per heavy atom. The van der Waals surface area contributed by atoms with Crippen LogP contribution < -0.4 is 10.6 Å². The zero-order valence-corrected chi connectivity index (χ0v) is 12.0. The lowest BCUT2D eigenvalue weighted by atomic mass is 10.1. The molecule has 6 heteroatoms. The second-order valence-corrected chi connectivity index (χ2v) is 5.32. The van der Waals surface area contributed by atoms with E-state index in [-0.39, 0.29) is 5.91 Å². The number of hydrogen-bond donors (Lipinski definition) is 3. The predicted octanol–water partition coefficient (Wildman–Crippen LogP) is 1.11. The summed E-state index contributed by atoms with van der Waals surface area (Å²) in [5.41, 5.74) is 0.751. The van der Waals surface area contributed by atoms with Gasteiger partial charge in [-0.05, 0) is 38.1 Å². The summed E-state index contributed by atoms with van der Waals surface area (Å²) in [7, 11) is 0. The average Bonchev–Trinajstić information content (AvgIpc) is 3.19. The highest BCUT2D eigenvalue weighted by molar-refractivity contribution is 5.92. The monoisotopic (exact) mass is 287 g/mol. The molecule has 2 aromatic heterocycles. The Morgan fingerprint density at radius 2 is 2.29 bits per heavy atom. The van der Waals surface area contributed by atoms with Crippen LogP contribution in [0.1, 0.15) is 35.2 Å². The van der Waals surface area contributed by atoms with Crippen molar-refractivity contribution in [2.24, 2.45) is 0 Å². The lowest BCUT2D eigenvalue weighted by Crippen LogP contribution is -2.33. The first kappa shape index (κ1) is 13.9. The van der Waals surface area contributed by atoms with E-state index >= 15 is 0 Å². The molecule has 0 aromatic carbocycles.